The normalized spacial score (nSPS) is 20.5. The maximum atomic E-state index is 13.2. The van der Waals surface area contributed by atoms with Gasteiger partial charge in [0.2, 0.25) is 5.91 Å². The summed E-state index contributed by atoms with van der Waals surface area (Å²) in [5.74, 6) is 0.721. The number of nitrogens with zero attached hydrogens (tertiary/aromatic N) is 2. The zero-order valence-electron chi connectivity index (χ0n) is 18.8. The Hall–Kier alpha value is -2.48. The fraction of sp³-hybridized carbons (Fsp3) is 0.522. The molecule has 7 nitrogen and oxygen atoms in total. The molecule has 31 heavy (non-hydrogen) atoms. The minimum absolute atomic E-state index is 0.0465. The van der Waals surface area contributed by atoms with E-state index in [0.717, 1.165) is 12.0 Å². The van der Waals surface area contributed by atoms with E-state index in [-0.39, 0.29) is 17.8 Å². The van der Waals surface area contributed by atoms with Gasteiger partial charge in [0.1, 0.15) is 0 Å². The van der Waals surface area contributed by atoms with Crippen LogP contribution in [0.5, 0.6) is 11.5 Å². The summed E-state index contributed by atoms with van der Waals surface area (Å²) >= 11 is 1.44. The highest BCUT2D eigenvalue weighted by Crippen LogP contribution is 2.45. The summed E-state index contributed by atoms with van der Waals surface area (Å²) in [4.78, 5) is 32.3. The molecule has 0 aromatic heterocycles. The second-order valence-electron chi connectivity index (χ2n) is 7.23. The van der Waals surface area contributed by atoms with Crippen LogP contribution < -0.4 is 9.47 Å². The lowest BCUT2D eigenvalue weighted by molar-refractivity contribution is -0.139. The van der Waals surface area contributed by atoms with Crippen molar-refractivity contribution in [3.8, 4) is 11.5 Å². The van der Waals surface area contributed by atoms with Crippen LogP contribution >= 0.6 is 11.8 Å². The average Bonchev–Trinajstić information content (AvgIpc) is 3.07. The highest BCUT2D eigenvalue weighted by Gasteiger charge is 2.47. The summed E-state index contributed by atoms with van der Waals surface area (Å²) in [6.07, 6.45) is 1.57. The maximum Gasteiger partial charge on any atom is 0.338 e. The van der Waals surface area contributed by atoms with E-state index in [0.29, 0.717) is 47.6 Å². The van der Waals surface area contributed by atoms with E-state index in [1.165, 1.54) is 11.8 Å². The van der Waals surface area contributed by atoms with E-state index in [9.17, 15) is 9.59 Å². The van der Waals surface area contributed by atoms with Gasteiger partial charge in [-0.15, -0.1) is 0 Å². The van der Waals surface area contributed by atoms with Crippen molar-refractivity contribution >= 4 is 28.8 Å². The van der Waals surface area contributed by atoms with Crippen molar-refractivity contribution in [2.24, 2.45) is 4.99 Å². The summed E-state index contributed by atoms with van der Waals surface area (Å²) in [5, 5.41) is 0.408. The van der Waals surface area contributed by atoms with Gasteiger partial charge in [0, 0.05) is 0 Å². The molecule has 1 aromatic rings. The summed E-state index contributed by atoms with van der Waals surface area (Å²) in [7, 11) is 0. The van der Waals surface area contributed by atoms with Gasteiger partial charge in [-0.05, 0) is 51.3 Å². The molecular weight excluding hydrogens is 416 g/mol. The first-order valence-electron chi connectivity index (χ1n) is 10.8. The Balaban J connectivity index is 2.11. The lowest BCUT2D eigenvalue weighted by Crippen LogP contribution is -2.40. The van der Waals surface area contributed by atoms with E-state index in [4.69, 9.17) is 14.2 Å². The Bertz CT molecular complexity index is 911. The van der Waals surface area contributed by atoms with Crippen molar-refractivity contribution in [2.75, 3.05) is 19.8 Å². The zero-order chi connectivity index (χ0) is 22.5. The smallest absolute Gasteiger partial charge is 0.338 e. The molecule has 1 aromatic carbocycles. The van der Waals surface area contributed by atoms with Crippen LogP contribution in [0.25, 0.3) is 0 Å². The molecule has 1 saturated heterocycles. The fourth-order valence-corrected chi connectivity index (χ4v) is 4.80. The molecule has 0 bridgehead atoms. The number of amides is 1. The van der Waals surface area contributed by atoms with Crippen molar-refractivity contribution in [1.29, 1.82) is 0 Å². The molecule has 0 saturated carbocycles. The van der Waals surface area contributed by atoms with Crippen molar-refractivity contribution in [2.45, 2.75) is 58.8 Å². The Kier molecular flexibility index (Phi) is 7.64. The number of hydrogen-bond acceptors (Lipinski definition) is 7. The third-order valence-corrected chi connectivity index (χ3v) is 6.38. The topological polar surface area (TPSA) is 77.4 Å². The number of benzene rings is 1. The van der Waals surface area contributed by atoms with Crippen LogP contribution in [0.4, 0.5) is 0 Å². The van der Waals surface area contributed by atoms with Gasteiger partial charge < -0.3 is 14.2 Å². The van der Waals surface area contributed by atoms with Gasteiger partial charge >= 0.3 is 5.97 Å². The number of carbonyl (C=O) groups excluding carboxylic acids is 2. The number of aliphatic imine (C=N–C) groups is 1. The quantitative estimate of drug-likeness (QED) is 0.521. The SMILES string of the molecule is CCCOc1ccc(C2C(C(=O)OCC)=C(C)N=C3SC(CC)C(=O)N32)cc1OCC. The van der Waals surface area contributed by atoms with Crippen LogP contribution in [-0.2, 0) is 14.3 Å². The van der Waals surface area contributed by atoms with Gasteiger partial charge in [-0.2, -0.15) is 0 Å². The summed E-state index contributed by atoms with van der Waals surface area (Å²) in [6.45, 7) is 10.8. The van der Waals surface area contributed by atoms with Gasteiger partial charge in [-0.25, -0.2) is 9.79 Å². The van der Waals surface area contributed by atoms with Gasteiger partial charge in [0.05, 0.1) is 42.4 Å². The Morgan fingerprint density at radius 2 is 1.90 bits per heavy atom. The molecule has 0 N–H and O–H groups in total. The molecule has 1 amide bonds. The predicted octanol–water partition coefficient (Wildman–Crippen LogP) is 4.48. The molecule has 168 valence electrons. The van der Waals surface area contributed by atoms with Crippen molar-refractivity contribution in [3.05, 3.63) is 35.0 Å². The summed E-state index contributed by atoms with van der Waals surface area (Å²) in [5.41, 5.74) is 1.70. The van der Waals surface area contributed by atoms with E-state index in [1.807, 2.05) is 39.0 Å². The predicted molar refractivity (Wildman–Crippen MR) is 121 cm³/mol. The van der Waals surface area contributed by atoms with E-state index in [1.54, 1.807) is 18.7 Å². The molecule has 2 unspecified atom stereocenters. The standard InChI is InChI=1S/C23H30N2O5S/c1-6-12-30-16-11-10-15(13-17(16)28-8-3)20-19(22(27)29-9-4)14(5)24-23-25(20)21(26)18(7-2)31-23/h10-11,13,18,20H,6-9,12H2,1-5H3. The lowest BCUT2D eigenvalue weighted by atomic mass is 9.93. The Morgan fingerprint density at radius 1 is 1.13 bits per heavy atom. The third-order valence-electron chi connectivity index (χ3n) is 5.06. The first kappa shape index (κ1) is 23.2. The number of fused-ring (bicyclic) bond motifs is 1. The molecule has 2 aliphatic heterocycles. The number of ether oxygens (including phenoxy) is 3. The molecule has 2 atom stereocenters. The lowest BCUT2D eigenvalue weighted by Gasteiger charge is -2.33. The van der Waals surface area contributed by atoms with Gasteiger partial charge in [0.15, 0.2) is 16.7 Å². The summed E-state index contributed by atoms with van der Waals surface area (Å²) < 4.78 is 17.0. The molecule has 2 aliphatic rings. The maximum absolute atomic E-state index is 13.2. The molecule has 0 spiro atoms. The number of hydrogen-bond donors (Lipinski definition) is 0. The van der Waals surface area contributed by atoms with Gasteiger partial charge in [-0.3, -0.25) is 9.69 Å². The van der Waals surface area contributed by atoms with Crippen molar-refractivity contribution in [1.82, 2.24) is 4.90 Å². The fourth-order valence-electron chi connectivity index (χ4n) is 3.67. The van der Waals surface area contributed by atoms with Gasteiger partial charge in [0.25, 0.3) is 0 Å². The van der Waals surface area contributed by atoms with Crippen LogP contribution in [0.1, 0.15) is 59.1 Å². The molecule has 8 heteroatoms. The molecule has 2 heterocycles. The van der Waals surface area contributed by atoms with Crippen LogP contribution in [0.2, 0.25) is 0 Å². The number of esters is 1. The van der Waals surface area contributed by atoms with E-state index >= 15 is 0 Å². The van der Waals surface area contributed by atoms with Crippen LogP contribution in [0.15, 0.2) is 34.5 Å². The average molecular weight is 447 g/mol. The monoisotopic (exact) mass is 446 g/mol. The second kappa shape index (κ2) is 10.2. The van der Waals surface area contributed by atoms with Crippen LogP contribution in [0.3, 0.4) is 0 Å². The van der Waals surface area contributed by atoms with Crippen LogP contribution in [-0.4, -0.2) is 47.0 Å². The number of carbonyl (C=O) groups is 2. The first-order chi connectivity index (χ1) is 15.0. The van der Waals surface area contributed by atoms with E-state index < -0.39 is 12.0 Å². The number of allylic oxidation sites excluding steroid dienone is 1. The Morgan fingerprint density at radius 3 is 2.55 bits per heavy atom. The second-order valence-corrected chi connectivity index (χ2v) is 8.40. The highest BCUT2D eigenvalue weighted by atomic mass is 32.2. The van der Waals surface area contributed by atoms with E-state index in [2.05, 4.69) is 4.99 Å². The zero-order valence-corrected chi connectivity index (χ0v) is 19.6. The number of thioether (sulfide) groups is 1. The molecule has 3 rings (SSSR count). The minimum atomic E-state index is -0.623. The van der Waals surface area contributed by atoms with Gasteiger partial charge in [-0.1, -0.05) is 31.7 Å². The molecule has 0 radical (unpaired) electrons. The summed E-state index contributed by atoms with van der Waals surface area (Å²) in [6, 6.07) is 4.95. The third kappa shape index (κ3) is 4.59. The number of amidine groups is 1. The van der Waals surface area contributed by atoms with Crippen molar-refractivity contribution in [3.63, 3.8) is 0 Å². The molecule has 0 aliphatic carbocycles. The molecule has 1 fully saturated rings. The minimum Gasteiger partial charge on any atom is -0.490 e. The highest BCUT2D eigenvalue weighted by molar-refractivity contribution is 8.15. The van der Waals surface area contributed by atoms with Crippen molar-refractivity contribution < 1.29 is 23.8 Å². The first-order valence-corrected chi connectivity index (χ1v) is 11.7. The Labute approximate surface area is 187 Å². The number of rotatable bonds is 9. The van der Waals surface area contributed by atoms with Crippen LogP contribution in [0, 0.1) is 0 Å². The largest absolute Gasteiger partial charge is 0.490 e. The molecular formula is C23H30N2O5S.